The second-order valence-corrected chi connectivity index (χ2v) is 3.11. The molecule has 0 aliphatic rings. The third-order valence-electron chi connectivity index (χ3n) is 2.19. The van der Waals surface area contributed by atoms with E-state index >= 15 is 0 Å². The lowest BCUT2D eigenvalue weighted by Gasteiger charge is -1.98. The van der Waals surface area contributed by atoms with Crippen LogP contribution >= 0.6 is 0 Å². The minimum absolute atomic E-state index is 0.417. The van der Waals surface area contributed by atoms with E-state index in [4.69, 9.17) is 0 Å². The van der Waals surface area contributed by atoms with Crippen LogP contribution in [0.25, 0.3) is 11.3 Å². The van der Waals surface area contributed by atoms with Gasteiger partial charge in [0, 0.05) is 5.56 Å². The van der Waals surface area contributed by atoms with Gasteiger partial charge in [-0.15, -0.1) is 0 Å². The highest BCUT2D eigenvalue weighted by Gasteiger charge is 2.00. The first-order valence-corrected chi connectivity index (χ1v) is 4.56. The maximum absolute atomic E-state index is 10.8. The number of H-pyrrole nitrogens is 1. The second-order valence-electron chi connectivity index (χ2n) is 3.11. The van der Waals surface area contributed by atoms with E-state index in [1.807, 2.05) is 24.3 Å². The molecule has 0 bridgehead atoms. The van der Waals surface area contributed by atoms with Gasteiger partial charge in [0.15, 0.2) is 0 Å². The predicted octanol–water partition coefficient (Wildman–Crippen LogP) is 2.20. The van der Waals surface area contributed by atoms with E-state index in [1.54, 1.807) is 0 Å². The van der Waals surface area contributed by atoms with Crippen molar-refractivity contribution in [3.05, 3.63) is 46.6 Å². The molecule has 1 heterocycles. The van der Waals surface area contributed by atoms with Crippen LogP contribution in [0.1, 0.15) is 12.5 Å². The van der Waals surface area contributed by atoms with Crippen LogP contribution in [0.5, 0.6) is 0 Å². The van der Waals surface area contributed by atoms with Gasteiger partial charge in [-0.2, -0.15) is 0 Å². The first-order valence-electron chi connectivity index (χ1n) is 4.56. The summed E-state index contributed by atoms with van der Waals surface area (Å²) in [5.41, 5.74) is 2.96. The Kier molecular flexibility index (Phi) is 2.23. The van der Waals surface area contributed by atoms with Crippen LogP contribution in [0.3, 0.4) is 0 Å². The monoisotopic (exact) mass is 189 g/mol. The molecule has 2 aromatic rings. The maximum Gasteiger partial charge on any atom is 0.416 e. The number of aryl methyl sites for hydroxylation is 1. The van der Waals surface area contributed by atoms with Crippen molar-refractivity contribution in [3.8, 4) is 11.3 Å². The highest BCUT2D eigenvalue weighted by Crippen LogP contribution is 2.16. The lowest BCUT2D eigenvalue weighted by Crippen LogP contribution is -1.94. The second kappa shape index (κ2) is 3.54. The topological polar surface area (TPSA) is 46.0 Å². The standard InChI is InChI=1S/C11H11NO2/c1-2-8-3-5-9(6-4-8)10-7-14-11(13)12-10/h3-7H,2H2,1H3,(H,12,13). The number of hydrogen-bond donors (Lipinski definition) is 1. The molecule has 1 N–H and O–H groups in total. The molecule has 0 unspecified atom stereocenters. The Hall–Kier alpha value is -1.77. The fourth-order valence-electron chi connectivity index (χ4n) is 1.34. The smallest absolute Gasteiger partial charge is 0.416 e. The Morgan fingerprint density at radius 1 is 1.29 bits per heavy atom. The van der Waals surface area contributed by atoms with Crippen LogP contribution in [0, 0.1) is 0 Å². The Morgan fingerprint density at radius 3 is 2.50 bits per heavy atom. The third kappa shape index (κ3) is 1.62. The van der Waals surface area contributed by atoms with Gasteiger partial charge >= 0.3 is 5.76 Å². The lowest BCUT2D eigenvalue weighted by atomic mass is 10.1. The quantitative estimate of drug-likeness (QED) is 0.787. The van der Waals surface area contributed by atoms with E-state index in [2.05, 4.69) is 16.3 Å². The molecule has 0 radical (unpaired) electrons. The molecule has 3 heteroatoms. The molecular weight excluding hydrogens is 178 g/mol. The van der Waals surface area contributed by atoms with Gasteiger partial charge in [0.05, 0.1) is 5.69 Å². The normalized spacial score (nSPS) is 10.4. The highest BCUT2D eigenvalue weighted by molar-refractivity contribution is 5.57. The number of oxazole rings is 1. The zero-order chi connectivity index (χ0) is 9.97. The molecule has 0 saturated heterocycles. The van der Waals surface area contributed by atoms with Gasteiger partial charge in [-0.3, -0.25) is 4.98 Å². The molecule has 1 aromatic carbocycles. The van der Waals surface area contributed by atoms with Crippen molar-refractivity contribution in [2.24, 2.45) is 0 Å². The third-order valence-corrected chi connectivity index (χ3v) is 2.19. The van der Waals surface area contributed by atoms with Gasteiger partial charge in [0.25, 0.3) is 0 Å². The maximum atomic E-state index is 10.8. The molecule has 0 atom stereocenters. The molecule has 2 rings (SSSR count). The van der Waals surface area contributed by atoms with E-state index in [1.165, 1.54) is 11.8 Å². The number of hydrogen-bond acceptors (Lipinski definition) is 2. The van der Waals surface area contributed by atoms with E-state index in [0.717, 1.165) is 17.7 Å². The van der Waals surface area contributed by atoms with Crippen molar-refractivity contribution in [2.45, 2.75) is 13.3 Å². The zero-order valence-electron chi connectivity index (χ0n) is 7.91. The van der Waals surface area contributed by atoms with Crippen molar-refractivity contribution in [1.82, 2.24) is 4.98 Å². The summed E-state index contributed by atoms with van der Waals surface area (Å²) in [6.45, 7) is 2.11. The summed E-state index contributed by atoms with van der Waals surface area (Å²) >= 11 is 0. The van der Waals surface area contributed by atoms with E-state index < -0.39 is 5.76 Å². The summed E-state index contributed by atoms with van der Waals surface area (Å²) in [6, 6.07) is 8.03. The van der Waals surface area contributed by atoms with Crippen LogP contribution in [0.15, 0.2) is 39.7 Å². The van der Waals surface area contributed by atoms with Gasteiger partial charge in [-0.1, -0.05) is 31.2 Å². The SMILES string of the molecule is CCc1ccc(-c2coc(=O)[nH]2)cc1. The summed E-state index contributed by atoms with van der Waals surface area (Å²) in [6.07, 6.45) is 2.45. The average molecular weight is 189 g/mol. The van der Waals surface area contributed by atoms with Gasteiger partial charge < -0.3 is 4.42 Å². The van der Waals surface area contributed by atoms with E-state index in [-0.39, 0.29) is 0 Å². The number of nitrogens with one attached hydrogen (secondary N) is 1. The summed E-state index contributed by atoms with van der Waals surface area (Å²) in [5, 5.41) is 0. The largest absolute Gasteiger partial charge is 0.416 e. The van der Waals surface area contributed by atoms with Gasteiger partial charge in [0.2, 0.25) is 0 Å². The highest BCUT2D eigenvalue weighted by atomic mass is 16.4. The first-order chi connectivity index (χ1) is 6.79. The van der Waals surface area contributed by atoms with Gasteiger partial charge in [-0.25, -0.2) is 4.79 Å². The van der Waals surface area contributed by atoms with Crippen LogP contribution in [0.4, 0.5) is 0 Å². The predicted molar refractivity (Wildman–Crippen MR) is 54.1 cm³/mol. The van der Waals surface area contributed by atoms with Crippen molar-refractivity contribution in [2.75, 3.05) is 0 Å². The molecule has 0 saturated carbocycles. The van der Waals surface area contributed by atoms with Crippen molar-refractivity contribution >= 4 is 0 Å². The van der Waals surface area contributed by atoms with E-state index in [0.29, 0.717) is 0 Å². The summed E-state index contributed by atoms with van der Waals surface area (Å²) < 4.78 is 4.66. The van der Waals surface area contributed by atoms with Crippen molar-refractivity contribution in [3.63, 3.8) is 0 Å². The van der Waals surface area contributed by atoms with Gasteiger partial charge in [0.1, 0.15) is 6.26 Å². The van der Waals surface area contributed by atoms with Crippen LogP contribution < -0.4 is 5.76 Å². The fraction of sp³-hybridized carbons (Fsp3) is 0.182. The number of aromatic amines is 1. The Bertz CT molecular complexity index is 465. The van der Waals surface area contributed by atoms with Crippen LogP contribution in [0.2, 0.25) is 0 Å². The molecule has 0 aliphatic carbocycles. The number of aromatic nitrogens is 1. The summed E-state index contributed by atoms with van der Waals surface area (Å²) in [5.74, 6) is -0.417. The molecule has 72 valence electrons. The van der Waals surface area contributed by atoms with Gasteiger partial charge in [-0.05, 0) is 12.0 Å². The zero-order valence-corrected chi connectivity index (χ0v) is 7.91. The van der Waals surface area contributed by atoms with Crippen molar-refractivity contribution < 1.29 is 4.42 Å². The average Bonchev–Trinajstić information content (AvgIpc) is 2.65. The molecule has 3 nitrogen and oxygen atoms in total. The fourth-order valence-corrected chi connectivity index (χ4v) is 1.34. The summed E-state index contributed by atoms with van der Waals surface area (Å²) in [4.78, 5) is 13.4. The lowest BCUT2D eigenvalue weighted by molar-refractivity contribution is 0.515. The first kappa shape index (κ1) is 8.81. The molecule has 14 heavy (non-hydrogen) atoms. The minimum atomic E-state index is -0.417. The molecule has 0 amide bonds. The summed E-state index contributed by atoms with van der Waals surface area (Å²) in [7, 11) is 0. The van der Waals surface area contributed by atoms with E-state index in [9.17, 15) is 4.79 Å². The van der Waals surface area contributed by atoms with Crippen LogP contribution in [-0.4, -0.2) is 4.98 Å². The van der Waals surface area contributed by atoms with Crippen LogP contribution in [-0.2, 0) is 6.42 Å². The molecule has 0 fully saturated rings. The Balaban J connectivity index is 2.38. The Morgan fingerprint density at radius 2 is 2.00 bits per heavy atom. The number of rotatable bonds is 2. The molecule has 1 aromatic heterocycles. The molecule has 0 aliphatic heterocycles. The van der Waals surface area contributed by atoms with Crippen molar-refractivity contribution in [1.29, 1.82) is 0 Å². The minimum Gasteiger partial charge on any atom is -0.416 e. The number of benzene rings is 1. The Labute approximate surface area is 81.4 Å². The molecular formula is C11H11NO2. The molecule has 0 spiro atoms.